The van der Waals surface area contributed by atoms with Gasteiger partial charge < -0.3 is 16.4 Å². The van der Waals surface area contributed by atoms with E-state index in [9.17, 15) is 0 Å². The lowest BCUT2D eigenvalue weighted by molar-refractivity contribution is 0.555. The summed E-state index contributed by atoms with van der Waals surface area (Å²) in [5, 5.41) is 7.60. The van der Waals surface area contributed by atoms with Crippen molar-refractivity contribution in [2.45, 2.75) is 57.7 Å². The van der Waals surface area contributed by atoms with Crippen LogP contribution < -0.4 is 16.4 Å². The lowest BCUT2D eigenvalue weighted by atomic mass is 9.95. The molecule has 0 radical (unpaired) electrons. The molecule has 1 aliphatic heterocycles. The molecule has 1 heterocycles. The Bertz CT molecular complexity index is 410. The molecule has 1 aliphatic carbocycles. The molecule has 0 aromatic heterocycles. The van der Waals surface area contributed by atoms with E-state index in [4.69, 9.17) is 17.3 Å². The van der Waals surface area contributed by atoms with Crippen LogP contribution in [0.3, 0.4) is 0 Å². The van der Waals surface area contributed by atoms with E-state index < -0.39 is 0 Å². The summed E-state index contributed by atoms with van der Waals surface area (Å²) in [7, 11) is 0. The lowest BCUT2D eigenvalue weighted by Crippen LogP contribution is -2.40. The third-order valence-electron chi connectivity index (χ3n) is 3.99. The molecule has 0 aromatic rings. The Morgan fingerprint density at radius 3 is 2.95 bits per heavy atom. The molecule has 3 nitrogen and oxygen atoms in total. The van der Waals surface area contributed by atoms with Crippen molar-refractivity contribution in [2.75, 3.05) is 0 Å². The zero-order chi connectivity index (χ0) is 14.5. The standard InChI is InChI=1S/C16H26ClN3/c1-3-5-11(2)20-10-13(15(18)12-7-8-12)16-14(17)6-4-9-19-16/h4,6,9-12,15-16,19-20H,3,5,7-8,18H2,1-2H3/b13-10+. The quantitative estimate of drug-likeness (QED) is 0.677. The number of hydrogen-bond acceptors (Lipinski definition) is 3. The molecule has 20 heavy (non-hydrogen) atoms. The number of hydrogen-bond donors (Lipinski definition) is 3. The number of nitrogens with one attached hydrogen (secondary N) is 2. The van der Waals surface area contributed by atoms with Crippen molar-refractivity contribution >= 4 is 11.6 Å². The number of rotatable bonds is 7. The van der Waals surface area contributed by atoms with Crippen LogP contribution in [0, 0.1) is 5.92 Å². The first-order valence-electron chi connectivity index (χ1n) is 7.63. The van der Waals surface area contributed by atoms with Crippen LogP contribution in [0.2, 0.25) is 0 Å². The molecule has 0 aromatic carbocycles. The van der Waals surface area contributed by atoms with Gasteiger partial charge >= 0.3 is 0 Å². The van der Waals surface area contributed by atoms with Crippen LogP contribution in [-0.4, -0.2) is 18.1 Å². The third kappa shape index (κ3) is 4.03. The fourth-order valence-electron chi connectivity index (χ4n) is 2.58. The van der Waals surface area contributed by atoms with Gasteiger partial charge in [-0.2, -0.15) is 0 Å². The molecule has 1 fully saturated rings. The zero-order valence-corrected chi connectivity index (χ0v) is 13.2. The molecule has 2 aliphatic rings. The van der Waals surface area contributed by atoms with Crippen LogP contribution in [0.5, 0.6) is 0 Å². The molecule has 3 atom stereocenters. The maximum atomic E-state index is 6.42. The van der Waals surface area contributed by atoms with Crippen LogP contribution in [0.4, 0.5) is 0 Å². The van der Waals surface area contributed by atoms with Gasteiger partial charge in [-0.3, -0.25) is 0 Å². The van der Waals surface area contributed by atoms with Gasteiger partial charge in [0.1, 0.15) is 0 Å². The van der Waals surface area contributed by atoms with Gasteiger partial charge in [0, 0.05) is 17.1 Å². The average Bonchev–Trinajstić information content (AvgIpc) is 3.25. The van der Waals surface area contributed by atoms with Crippen LogP contribution in [0.25, 0.3) is 0 Å². The SMILES string of the molecule is CCCC(C)N/C=C(/C1NC=CC=C1Cl)C(N)C1CC1. The van der Waals surface area contributed by atoms with E-state index in [-0.39, 0.29) is 12.1 Å². The highest BCUT2D eigenvalue weighted by Crippen LogP contribution is 2.36. The van der Waals surface area contributed by atoms with Gasteiger partial charge in [-0.05, 0) is 62.2 Å². The Hall–Kier alpha value is -0.930. The minimum atomic E-state index is 0.0126. The first kappa shape index (κ1) is 15.5. The van der Waals surface area contributed by atoms with Crippen molar-refractivity contribution in [1.82, 2.24) is 10.6 Å². The van der Waals surface area contributed by atoms with E-state index in [2.05, 4.69) is 30.7 Å². The molecule has 0 bridgehead atoms. The van der Waals surface area contributed by atoms with Gasteiger partial charge in [0.2, 0.25) is 0 Å². The summed E-state index contributed by atoms with van der Waals surface area (Å²) >= 11 is 6.35. The van der Waals surface area contributed by atoms with E-state index in [0.717, 1.165) is 11.5 Å². The zero-order valence-electron chi connectivity index (χ0n) is 12.4. The smallest absolute Gasteiger partial charge is 0.0861 e. The highest BCUT2D eigenvalue weighted by Gasteiger charge is 2.34. The van der Waals surface area contributed by atoms with Gasteiger partial charge in [0.05, 0.1) is 6.04 Å². The summed E-state index contributed by atoms with van der Waals surface area (Å²) in [5.41, 5.74) is 7.59. The van der Waals surface area contributed by atoms with E-state index in [1.165, 1.54) is 24.8 Å². The largest absolute Gasteiger partial charge is 0.388 e. The average molecular weight is 296 g/mol. The molecule has 0 saturated heterocycles. The topological polar surface area (TPSA) is 50.1 Å². The third-order valence-corrected chi connectivity index (χ3v) is 4.34. The fourth-order valence-corrected chi connectivity index (χ4v) is 2.84. The van der Waals surface area contributed by atoms with E-state index in [1.54, 1.807) is 0 Å². The molecule has 1 saturated carbocycles. The summed E-state index contributed by atoms with van der Waals surface area (Å²) in [4.78, 5) is 0. The van der Waals surface area contributed by atoms with E-state index >= 15 is 0 Å². The van der Waals surface area contributed by atoms with Crippen molar-refractivity contribution in [1.29, 1.82) is 0 Å². The molecule has 3 unspecified atom stereocenters. The van der Waals surface area contributed by atoms with Gasteiger partial charge in [0.25, 0.3) is 0 Å². The van der Waals surface area contributed by atoms with Crippen LogP contribution in [-0.2, 0) is 0 Å². The molecular weight excluding hydrogens is 270 g/mol. The van der Waals surface area contributed by atoms with E-state index in [1.807, 2.05) is 18.4 Å². The summed E-state index contributed by atoms with van der Waals surface area (Å²) in [6.07, 6.45) is 12.7. The first-order valence-corrected chi connectivity index (χ1v) is 8.01. The number of halogens is 1. The number of nitrogens with two attached hydrogens (primary N) is 1. The maximum absolute atomic E-state index is 6.42. The molecular formula is C16H26ClN3. The Kier molecular flexibility index (Phi) is 5.55. The molecule has 2 rings (SSSR count). The molecule has 4 N–H and O–H groups in total. The number of allylic oxidation sites excluding steroid dienone is 2. The minimum Gasteiger partial charge on any atom is -0.388 e. The first-order chi connectivity index (χ1) is 9.63. The predicted octanol–water partition coefficient (Wildman–Crippen LogP) is 2.99. The maximum Gasteiger partial charge on any atom is 0.0861 e. The Labute approximate surface area is 127 Å². The fraction of sp³-hybridized carbons (Fsp3) is 0.625. The van der Waals surface area contributed by atoms with Crippen molar-refractivity contribution in [3.8, 4) is 0 Å². The minimum absolute atomic E-state index is 0.0126. The van der Waals surface area contributed by atoms with Gasteiger partial charge in [0.15, 0.2) is 0 Å². The van der Waals surface area contributed by atoms with E-state index in [0.29, 0.717) is 12.0 Å². The highest BCUT2D eigenvalue weighted by molar-refractivity contribution is 6.30. The summed E-state index contributed by atoms with van der Waals surface area (Å²) in [5.74, 6) is 0.613. The van der Waals surface area contributed by atoms with Crippen LogP contribution in [0.1, 0.15) is 39.5 Å². The predicted molar refractivity (Wildman–Crippen MR) is 86.3 cm³/mol. The number of dihydropyridines is 1. The van der Waals surface area contributed by atoms with Gasteiger partial charge in [-0.15, -0.1) is 0 Å². The second-order valence-corrected chi connectivity index (χ2v) is 6.31. The van der Waals surface area contributed by atoms with Crippen molar-refractivity contribution in [3.63, 3.8) is 0 Å². The van der Waals surface area contributed by atoms with Crippen molar-refractivity contribution in [2.24, 2.45) is 11.7 Å². The van der Waals surface area contributed by atoms with Crippen LogP contribution >= 0.6 is 11.6 Å². The summed E-state index contributed by atoms with van der Waals surface area (Å²) < 4.78 is 0. The second-order valence-electron chi connectivity index (χ2n) is 5.87. The van der Waals surface area contributed by atoms with Crippen molar-refractivity contribution in [3.05, 3.63) is 35.2 Å². The van der Waals surface area contributed by atoms with Gasteiger partial charge in [-0.1, -0.05) is 24.9 Å². The van der Waals surface area contributed by atoms with Crippen LogP contribution in [0.15, 0.2) is 35.2 Å². The second kappa shape index (κ2) is 7.19. The lowest BCUT2D eigenvalue weighted by Gasteiger charge is -2.27. The summed E-state index contributed by atoms with van der Waals surface area (Å²) in [6, 6.07) is 0.560. The Morgan fingerprint density at radius 2 is 2.35 bits per heavy atom. The molecule has 4 heteroatoms. The highest BCUT2D eigenvalue weighted by atomic mass is 35.5. The molecule has 0 spiro atoms. The molecule has 112 valence electrons. The summed E-state index contributed by atoms with van der Waals surface area (Å²) in [6.45, 7) is 4.40. The normalized spacial score (nSPS) is 25.7. The Morgan fingerprint density at radius 1 is 1.60 bits per heavy atom. The van der Waals surface area contributed by atoms with Crippen molar-refractivity contribution < 1.29 is 0 Å². The van der Waals surface area contributed by atoms with Gasteiger partial charge in [-0.25, -0.2) is 0 Å². The monoisotopic (exact) mass is 295 g/mol. The molecule has 0 amide bonds. The Balaban J connectivity index is 2.09.